The van der Waals surface area contributed by atoms with Crippen molar-refractivity contribution < 1.29 is 17.9 Å². The van der Waals surface area contributed by atoms with Crippen molar-refractivity contribution in [2.24, 2.45) is 0 Å². The maximum atomic E-state index is 12.9. The van der Waals surface area contributed by atoms with Crippen molar-refractivity contribution in [3.8, 4) is 5.75 Å². The number of nitrogens with zero attached hydrogens (tertiary/aromatic N) is 3. The van der Waals surface area contributed by atoms with E-state index in [2.05, 4.69) is 29.2 Å². The lowest BCUT2D eigenvalue weighted by molar-refractivity contribution is -0.132. The van der Waals surface area contributed by atoms with Gasteiger partial charge in [0.05, 0.1) is 23.1 Å². The zero-order valence-electron chi connectivity index (χ0n) is 19.0. The quantitative estimate of drug-likeness (QED) is 0.538. The molecule has 0 spiro atoms. The fourth-order valence-electron chi connectivity index (χ4n) is 3.55. The van der Waals surface area contributed by atoms with Crippen molar-refractivity contribution in [3.05, 3.63) is 65.2 Å². The van der Waals surface area contributed by atoms with Gasteiger partial charge in [0, 0.05) is 39.8 Å². The van der Waals surface area contributed by atoms with Gasteiger partial charge in [-0.15, -0.1) is 0 Å². The van der Waals surface area contributed by atoms with Crippen LogP contribution >= 0.6 is 11.6 Å². The van der Waals surface area contributed by atoms with Crippen molar-refractivity contribution in [2.75, 3.05) is 52.9 Å². The number of carbonyl (C=O) groups excluding carboxylic acids is 1. The van der Waals surface area contributed by atoms with Crippen LogP contribution < -0.4 is 4.74 Å². The highest BCUT2D eigenvalue weighted by atomic mass is 35.5. The summed E-state index contributed by atoms with van der Waals surface area (Å²) >= 11 is 6.14. The van der Waals surface area contributed by atoms with E-state index < -0.39 is 10.0 Å². The average Bonchev–Trinajstić information content (AvgIpc) is 2.81. The largest absolute Gasteiger partial charge is 0.492 e. The van der Waals surface area contributed by atoms with Crippen LogP contribution in [0.25, 0.3) is 6.08 Å². The van der Waals surface area contributed by atoms with Crippen molar-refractivity contribution in [2.45, 2.75) is 11.8 Å². The van der Waals surface area contributed by atoms with Gasteiger partial charge in [-0.2, -0.15) is 4.31 Å². The van der Waals surface area contributed by atoms with Gasteiger partial charge in [0.25, 0.3) is 0 Å². The minimum absolute atomic E-state index is 0.0290. The molecule has 178 valence electrons. The van der Waals surface area contributed by atoms with Crippen LogP contribution in [-0.2, 0) is 14.8 Å². The third-order valence-electron chi connectivity index (χ3n) is 5.47. The third-order valence-corrected chi connectivity index (χ3v) is 7.56. The predicted molar refractivity (Wildman–Crippen MR) is 131 cm³/mol. The molecule has 0 bridgehead atoms. The minimum Gasteiger partial charge on any atom is -0.492 e. The fourth-order valence-corrected chi connectivity index (χ4v) is 5.00. The molecule has 2 aromatic carbocycles. The van der Waals surface area contributed by atoms with Crippen molar-refractivity contribution >= 4 is 33.6 Å². The van der Waals surface area contributed by atoms with E-state index in [-0.39, 0.29) is 22.4 Å². The molecule has 1 fully saturated rings. The number of sulfonamides is 1. The van der Waals surface area contributed by atoms with Crippen LogP contribution in [0.15, 0.2) is 59.5 Å². The number of benzene rings is 2. The highest BCUT2D eigenvalue weighted by Gasteiger charge is 2.27. The maximum Gasteiger partial charge on any atom is 0.243 e. The molecule has 0 radical (unpaired) electrons. The van der Waals surface area contributed by atoms with Crippen LogP contribution in [0.5, 0.6) is 5.75 Å². The number of halogens is 1. The molecule has 0 aromatic heterocycles. The summed E-state index contributed by atoms with van der Waals surface area (Å²) in [6.07, 6.45) is 4.21. The van der Waals surface area contributed by atoms with E-state index in [4.69, 9.17) is 16.3 Å². The van der Waals surface area contributed by atoms with Gasteiger partial charge in [0.2, 0.25) is 15.9 Å². The molecule has 0 N–H and O–H groups in total. The number of hydrogen-bond acceptors (Lipinski definition) is 5. The standard InChI is InChI=1S/C24H30ClN3O4S/c1-3-32-23-12-11-21(18-22(23)25)33(30,31)26(2)19-24(29)28-16-14-27(15-17-28)13-7-10-20-8-5-4-6-9-20/h4-12,18H,3,13-17,19H2,1-2H3/b10-7+. The van der Waals surface area contributed by atoms with Gasteiger partial charge in [-0.05, 0) is 30.7 Å². The van der Waals surface area contributed by atoms with Gasteiger partial charge in [-0.3, -0.25) is 9.69 Å². The summed E-state index contributed by atoms with van der Waals surface area (Å²) < 4.78 is 32.2. The number of piperazine rings is 1. The number of carbonyl (C=O) groups is 1. The molecule has 1 aliphatic heterocycles. The smallest absolute Gasteiger partial charge is 0.243 e. The SMILES string of the molecule is CCOc1ccc(S(=O)(=O)N(C)CC(=O)N2CCN(C/C=C/c3ccccc3)CC2)cc1Cl. The molecule has 1 heterocycles. The first-order valence-electron chi connectivity index (χ1n) is 10.9. The highest BCUT2D eigenvalue weighted by Crippen LogP contribution is 2.28. The normalized spacial score (nSPS) is 15.3. The van der Waals surface area contributed by atoms with Crippen LogP contribution in [0.1, 0.15) is 12.5 Å². The lowest BCUT2D eigenvalue weighted by Crippen LogP contribution is -2.51. The zero-order chi connectivity index (χ0) is 23.8. The predicted octanol–water partition coefficient (Wildman–Crippen LogP) is 3.22. The summed E-state index contributed by atoms with van der Waals surface area (Å²) in [5.74, 6) is 0.214. The summed E-state index contributed by atoms with van der Waals surface area (Å²) in [6, 6.07) is 14.4. The second-order valence-electron chi connectivity index (χ2n) is 7.78. The number of rotatable bonds is 9. The number of ether oxygens (including phenoxy) is 1. The van der Waals surface area contributed by atoms with Crippen molar-refractivity contribution in [1.82, 2.24) is 14.1 Å². The second kappa shape index (κ2) is 11.7. The first kappa shape index (κ1) is 25.2. The molecule has 7 nitrogen and oxygen atoms in total. The first-order valence-corrected chi connectivity index (χ1v) is 12.7. The van der Waals surface area contributed by atoms with Crippen LogP contribution in [0.4, 0.5) is 0 Å². The minimum atomic E-state index is -3.85. The Bertz CT molecular complexity index is 1070. The van der Waals surface area contributed by atoms with Crippen LogP contribution in [0, 0.1) is 0 Å². The lowest BCUT2D eigenvalue weighted by Gasteiger charge is -2.34. The Balaban J connectivity index is 1.50. The van der Waals surface area contributed by atoms with E-state index in [1.54, 1.807) is 4.90 Å². The van der Waals surface area contributed by atoms with E-state index in [9.17, 15) is 13.2 Å². The molecule has 2 aromatic rings. The molecule has 33 heavy (non-hydrogen) atoms. The zero-order valence-corrected chi connectivity index (χ0v) is 20.6. The van der Waals surface area contributed by atoms with Gasteiger partial charge in [-0.25, -0.2) is 8.42 Å². The van der Waals surface area contributed by atoms with Gasteiger partial charge < -0.3 is 9.64 Å². The second-order valence-corrected chi connectivity index (χ2v) is 10.2. The van der Waals surface area contributed by atoms with Crippen molar-refractivity contribution in [1.29, 1.82) is 0 Å². The first-order chi connectivity index (χ1) is 15.8. The lowest BCUT2D eigenvalue weighted by atomic mass is 10.2. The molecule has 1 aliphatic rings. The Morgan fingerprint density at radius 3 is 2.45 bits per heavy atom. The molecular formula is C24H30ClN3O4S. The Morgan fingerprint density at radius 2 is 1.82 bits per heavy atom. The molecule has 0 aliphatic carbocycles. The number of amides is 1. The van der Waals surface area contributed by atoms with Gasteiger partial charge in [0.1, 0.15) is 5.75 Å². The topological polar surface area (TPSA) is 70.2 Å². The highest BCUT2D eigenvalue weighted by molar-refractivity contribution is 7.89. The molecule has 0 atom stereocenters. The van der Waals surface area contributed by atoms with Crippen LogP contribution in [0.3, 0.4) is 0 Å². The molecular weight excluding hydrogens is 462 g/mol. The summed E-state index contributed by atoms with van der Waals surface area (Å²) in [7, 11) is -2.44. The molecule has 1 saturated heterocycles. The molecule has 1 amide bonds. The van der Waals surface area contributed by atoms with E-state index in [1.807, 2.05) is 25.1 Å². The van der Waals surface area contributed by atoms with E-state index >= 15 is 0 Å². The maximum absolute atomic E-state index is 12.9. The molecule has 0 unspecified atom stereocenters. The summed E-state index contributed by atoms with van der Waals surface area (Å²) in [5, 5.41) is 0.218. The van der Waals surface area contributed by atoms with Crippen LogP contribution in [0.2, 0.25) is 5.02 Å². The van der Waals surface area contributed by atoms with E-state index in [0.29, 0.717) is 25.4 Å². The van der Waals surface area contributed by atoms with Crippen molar-refractivity contribution in [3.63, 3.8) is 0 Å². The molecule has 9 heteroatoms. The number of likely N-dealkylation sites (N-methyl/N-ethyl adjacent to an activating group) is 1. The average molecular weight is 492 g/mol. The summed E-state index contributed by atoms with van der Waals surface area (Å²) in [6.45, 7) is 5.47. The van der Waals surface area contributed by atoms with Gasteiger partial charge in [0.15, 0.2) is 0 Å². The Labute approximate surface area is 201 Å². The fraction of sp³-hybridized carbons (Fsp3) is 0.375. The third kappa shape index (κ3) is 6.80. The van der Waals surface area contributed by atoms with Crippen LogP contribution in [-0.4, -0.2) is 81.4 Å². The Hall–Kier alpha value is -2.39. The Morgan fingerprint density at radius 1 is 1.12 bits per heavy atom. The monoisotopic (exact) mass is 491 g/mol. The van der Waals surface area contributed by atoms with Gasteiger partial charge >= 0.3 is 0 Å². The molecule has 3 rings (SSSR count). The van der Waals surface area contributed by atoms with E-state index in [0.717, 1.165) is 29.5 Å². The number of hydrogen-bond donors (Lipinski definition) is 0. The Kier molecular flexibility index (Phi) is 8.91. The van der Waals surface area contributed by atoms with E-state index in [1.165, 1.54) is 25.2 Å². The molecule has 0 saturated carbocycles. The van der Waals surface area contributed by atoms with Gasteiger partial charge in [-0.1, -0.05) is 54.1 Å². The summed E-state index contributed by atoms with van der Waals surface area (Å²) in [4.78, 5) is 16.8. The summed E-state index contributed by atoms with van der Waals surface area (Å²) in [5.41, 5.74) is 1.16.